The number of carbonyl (C=O) groups is 3. The minimum Gasteiger partial charge on any atom is -0.481 e. The van der Waals surface area contributed by atoms with Crippen LogP contribution in [0.2, 0.25) is 0 Å². The molecular weight excluding hydrogens is 502 g/mol. The summed E-state index contributed by atoms with van der Waals surface area (Å²) >= 11 is 0. The molecule has 2 amide bonds. The van der Waals surface area contributed by atoms with Gasteiger partial charge in [0.15, 0.2) is 0 Å². The predicted octanol–water partition coefficient (Wildman–Crippen LogP) is 5.57. The number of amides is 2. The third-order valence-corrected chi connectivity index (χ3v) is 6.74. The largest absolute Gasteiger partial charge is 0.481 e. The summed E-state index contributed by atoms with van der Waals surface area (Å²) in [4.78, 5) is 46.7. The summed E-state index contributed by atoms with van der Waals surface area (Å²) in [7, 11) is 0. The molecule has 3 aromatic carbocycles. The molecule has 0 fully saturated rings. The zero-order valence-electron chi connectivity index (χ0n) is 22.6. The second kappa shape index (κ2) is 13.8. The van der Waals surface area contributed by atoms with Crippen molar-refractivity contribution in [3.05, 3.63) is 126 Å². The van der Waals surface area contributed by atoms with E-state index in [0.29, 0.717) is 48.3 Å². The van der Waals surface area contributed by atoms with Crippen LogP contribution in [0.1, 0.15) is 45.3 Å². The van der Waals surface area contributed by atoms with E-state index >= 15 is 0 Å². The summed E-state index contributed by atoms with van der Waals surface area (Å²) < 4.78 is 0. The second-order valence-electron chi connectivity index (χ2n) is 9.40. The van der Waals surface area contributed by atoms with Gasteiger partial charge in [0.25, 0.3) is 11.8 Å². The van der Waals surface area contributed by atoms with Crippen molar-refractivity contribution in [3.8, 4) is 11.1 Å². The van der Waals surface area contributed by atoms with Crippen molar-refractivity contribution < 1.29 is 19.5 Å². The van der Waals surface area contributed by atoms with Gasteiger partial charge in [0.2, 0.25) is 0 Å². The quantitative estimate of drug-likeness (QED) is 0.256. The van der Waals surface area contributed by atoms with Gasteiger partial charge in [-0.3, -0.25) is 19.4 Å². The molecule has 0 radical (unpaired) electrons. The van der Waals surface area contributed by atoms with Crippen molar-refractivity contribution in [1.29, 1.82) is 0 Å². The monoisotopic (exact) mass is 535 g/mol. The fourth-order valence-electron chi connectivity index (χ4n) is 4.62. The first-order valence-electron chi connectivity index (χ1n) is 13.4. The third kappa shape index (κ3) is 7.20. The Morgan fingerprint density at radius 3 is 1.85 bits per heavy atom. The lowest BCUT2D eigenvalue weighted by Crippen LogP contribution is -2.35. The number of carboxylic acid groups (broad SMARTS) is 1. The fraction of sp³-hybridized carbons (Fsp3) is 0.212. The van der Waals surface area contributed by atoms with Gasteiger partial charge in [0.05, 0.1) is 6.42 Å². The van der Waals surface area contributed by atoms with Crippen LogP contribution in [0, 0.1) is 0 Å². The first kappa shape index (κ1) is 28.2. The molecule has 4 rings (SSSR count). The smallest absolute Gasteiger partial charge is 0.305 e. The second-order valence-corrected chi connectivity index (χ2v) is 9.40. The number of aromatic nitrogens is 1. The van der Waals surface area contributed by atoms with Crippen molar-refractivity contribution in [2.24, 2.45) is 0 Å². The minimum atomic E-state index is -0.974. The molecule has 4 aromatic rings. The number of pyridine rings is 1. The number of rotatable bonds is 12. The number of hydrogen-bond donors (Lipinski definition) is 1. The topological polar surface area (TPSA) is 90.8 Å². The van der Waals surface area contributed by atoms with E-state index in [-0.39, 0.29) is 24.8 Å². The maximum atomic E-state index is 13.9. The highest BCUT2D eigenvalue weighted by Crippen LogP contribution is 2.29. The SMILES string of the molecule is CCN(Cc1ccccc1)C(=O)c1ccccc1-c1ccccc1C(=O)N(CCC(=O)O)CCc1ccccn1. The highest BCUT2D eigenvalue weighted by Gasteiger charge is 2.24. The van der Waals surface area contributed by atoms with E-state index in [0.717, 1.165) is 11.3 Å². The fourth-order valence-corrected chi connectivity index (χ4v) is 4.62. The van der Waals surface area contributed by atoms with E-state index in [4.69, 9.17) is 0 Å². The summed E-state index contributed by atoms with van der Waals surface area (Å²) in [5.41, 5.74) is 4.06. The molecule has 40 heavy (non-hydrogen) atoms. The van der Waals surface area contributed by atoms with E-state index in [1.807, 2.05) is 85.8 Å². The minimum absolute atomic E-state index is 0.0661. The molecule has 7 nitrogen and oxygen atoms in total. The van der Waals surface area contributed by atoms with Crippen LogP contribution in [0.5, 0.6) is 0 Å². The van der Waals surface area contributed by atoms with Gasteiger partial charge in [0, 0.05) is 55.6 Å². The summed E-state index contributed by atoms with van der Waals surface area (Å²) in [6.45, 7) is 3.33. The zero-order valence-corrected chi connectivity index (χ0v) is 22.6. The average Bonchev–Trinajstić information content (AvgIpc) is 3.00. The van der Waals surface area contributed by atoms with Gasteiger partial charge in [0.1, 0.15) is 0 Å². The highest BCUT2D eigenvalue weighted by molar-refractivity contribution is 6.06. The van der Waals surface area contributed by atoms with Crippen LogP contribution in [0.25, 0.3) is 11.1 Å². The lowest BCUT2D eigenvalue weighted by atomic mass is 9.94. The summed E-state index contributed by atoms with van der Waals surface area (Å²) in [5.74, 6) is -1.38. The molecule has 1 N–H and O–H groups in total. The molecule has 0 spiro atoms. The van der Waals surface area contributed by atoms with Crippen LogP contribution in [0.4, 0.5) is 0 Å². The van der Waals surface area contributed by atoms with Crippen molar-refractivity contribution in [1.82, 2.24) is 14.8 Å². The Labute approximate surface area is 234 Å². The number of carboxylic acids is 1. The van der Waals surface area contributed by atoms with Gasteiger partial charge in [-0.15, -0.1) is 0 Å². The Morgan fingerprint density at radius 2 is 1.27 bits per heavy atom. The standard InChI is InChI=1S/C33H33N3O4/c1-2-35(24-25-12-4-3-5-13-25)32(39)29-17-8-6-15-27(29)28-16-7-9-18-30(28)33(40)36(23-20-31(37)38)22-19-26-14-10-11-21-34-26/h3-18,21H,2,19-20,22-24H2,1H3,(H,37,38). The first-order valence-corrected chi connectivity index (χ1v) is 13.4. The van der Waals surface area contributed by atoms with Crippen LogP contribution in [-0.2, 0) is 17.8 Å². The molecule has 7 heteroatoms. The van der Waals surface area contributed by atoms with Crippen molar-refractivity contribution in [2.45, 2.75) is 26.3 Å². The van der Waals surface area contributed by atoms with E-state index in [1.54, 1.807) is 34.2 Å². The van der Waals surface area contributed by atoms with Crippen LogP contribution < -0.4 is 0 Å². The van der Waals surface area contributed by atoms with Gasteiger partial charge in [-0.1, -0.05) is 72.8 Å². The molecule has 204 valence electrons. The summed E-state index contributed by atoms with van der Waals surface area (Å²) in [6.07, 6.45) is 2.02. The van der Waals surface area contributed by atoms with Gasteiger partial charge in [-0.05, 0) is 47.9 Å². The molecule has 0 atom stereocenters. The van der Waals surface area contributed by atoms with E-state index < -0.39 is 5.97 Å². The van der Waals surface area contributed by atoms with Gasteiger partial charge in [-0.2, -0.15) is 0 Å². The number of hydrogen-bond acceptors (Lipinski definition) is 4. The number of nitrogens with zero attached hydrogens (tertiary/aromatic N) is 3. The van der Waals surface area contributed by atoms with Crippen molar-refractivity contribution >= 4 is 17.8 Å². The number of carbonyl (C=O) groups excluding carboxylic acids is 2. The first-order chi connectivity index (χ1) is 19.5. The van der Waals surface area contributed by atoms with Crippen LogP contribution in [-0.4, -0.2) is 57.3 Å². The molecule has 1 heterocycles. The Bertz CT molecular complexity index is 1440. The molecule has 0 saturated heterocycles. The predicted molar refractivity (Wildman–Crippen MR) is 155 cm³/mol. The number of benzene rings is 3. The molecule has 0 bridgehead atoms. The molecule has 0 aliphatic carbocycles. The summed E-state index contributed by atoms with van der Waals surface area (Å²) in [5, 5.41) is 9.32. The maximum Gasteiger partial charge on any atom is 0.305 e. The third-order valence-electron chi connectivity index (χ3n) is 6.74. The van der Waals surface area contributed by atoms with Crippen LogP contribution >= 0.6 is 0 Å². The lowest BCUT2D eigenvalue weighted by molar-refractivity contribution is -0.137. The Morgan fingerprint density at radius 1 is 0.700 bits per heavy atom. The Balaban J connectivity index is 1.65. The van der Waals surface area contributed by atoms with Crippen molar-refractivity contribution in [2.75, 3.05) is 19.6 Å². The average molecular weight is 536 g/mol. The molecule has 1 aromatic heterocycles. The molecule has 0 saturated carbocycles. The molecule has 0 aliphatic heterocycles. The van der Waals surface area contributed by atoms with Crippen LogP contribution in [0.3, 0.4) is 0 Å². The van der Waals surface area contributed by atoms with Crippen molar-refractivity contribution in [3.63, 3.8) is 0 Å². The van der Waals surface area contributed by atoms with Crippen LogP contribution in [0.15, 0.2) is 103 Å². The molecular formula is C33H33N3O4. The summed E-state index contributed by atoms with van der Waals surface area (Å²) in [6, 6.07) is 29.9. The number of aliphatic carboxylic acids is 1. The normalized spacial score (nSPS) is 10.6. The van der Waals surface area contributed by atoms with Gasteiger partial charge in [-0.25, -0.2) is 0 Å². The van der Waals surface area contributed by atoms with E-state index in [2.05, 4.69) is 4.98 Å². The highest BCUT2D eigenvalue weighted by atomic mass is 16.4. The van der Waals surface area contributed by atoms with Gasteiger partial charge < -0.3 is 14.9 Å². The van der Waals surface area contributed by atoms with Gasteiger partial charge >= 0.3 is 5.97 Å². The zero-order chi connectivity index (χ0) is 28.3. The Hall–Kier alpha value is -4.78. The van der Waals surface area contributed by atoms with E-state index in [1.165, 1.54) is 0 Å². The maximum absolute atomic E-state index is 13.9. The molecule has 0 unspecified atom stereocenters. The van der Waals surface area contributed by atoms with E-state index in [9.17, 15) is 19.5 Å². The lowest BCUT2D eigenvalue weighted by Gasteiger charge is -2.25. The Kier molecular flexibility index (Phi) is 9.77. The molecule has 0 aliphatic rings.